The predicted octanol–water partition coefficient (Wildman–Crippen LogP) is 2.67. The highest BCUT2D eigenvalue weighted by Crippen LogP contribution is 2.23. The zero-order chi connectivity index (χ0) is 16.3. The van der Waals surface area contributed by atoms with Gasteiger partial charge in [-0.2, -0.15) is 5.10 Å². The minimum absolute atomic E-state index is 0.164. The minimum atomic E-state index is -3.54. The second-order valence-corrected chi connectivity index (χ2v) is 8.11. The van der Waals surface area contributed by atoms with Crippen LogP contribution in [0.1, 0.15) is 23.6 Å². The number of aryl methyl sites for hydroxylation is 1. The Bertz CT molecular complexity index is 802. The first-order chi connectivity index (χ1) is 11.1. The normalized spacial score (nSPS) is 13.3. The van der Waals surface area contributed by atoms with Crippen LogP contribution in [0.2, 0.25) is 0 Å². The fourth-order valence-corrected chi connectivity index (χ4v) is 4.60. The first kappa shape index (κ1) is 16.0. The van der Waals surface area contributed by atoms with Gasteiger partial charge >= 0.3 is 0 Å². The molecular weight excluding hydrogens is 334 g/mol. The molecule has 0 aromatic carbocycles. The molecule has 0 aliphatic rings. The second kappa shape index (κ2) is 6.69. The Morgan fingerprint density at radius 1 is 1.35 bits per heavy atom. The van der Waals surface area contributed by atoms with Gasteiger partial charge in [-0.3, -0.25) is 4.68 Å². The van der Waals surface area contributed by atoms with Crippen molar-refractivity contribution in [1.82, 2.24) is 14.5 Å². The lowest BCUT2D eigenvalue weighted by Gasteiger charge is -2.16. The average Bonchev–Trinajstić information content (AvgIpc) is 3.29. The van der Waals surface area contributed by atoms with E-state index in [1.165, 1.54) is 11.3 Å². The van der Waals surface area contributed by atoms with Gasteiger partial charge in [0.1, 0.15) is 16.0 Å². The summed E-state index contributed by atoms with van der Waals surface area (Å²) in [7, 11) is -3.54. The molecular formula is C15H17N3O3S2. The Labute approximate surface area is 138 Å². The lowest BCUT2D eigenvalue weighted by molar-refractivity contribution is 0.402. The van der Waals surface area contributed by atoms with Gasteiger partial charge in [0.25, 0.3) is 0 Å². The fraction of sp³-hybridized carbons (Fsp3) is 0.267. The van der Waals surface area contributed by atoms with E-state index in [-0.39, 0.29) is 12.6 Å². The summed E-state index contributed by atoms with van der Waals surface area (Å²) in [5, 5.41) is 4.19. The van der Waals surface area contributed by atoms with Crippen molar-refractivity contribution in [3.8, 4) is 0 Å². The van der Waals surface area contributed by atoms with Crippen LogP contribution in [0, 0.1) is 0 Å². The third-order valence-corrected chi connectivity index (χ3v) is 6.58. The summed E-state index contributed by atoms with van der Waals surface area (Å²) < 4.78 is 35.0. The molecule has 1 atom stereocenters. The summed E-state index contributed by atoms with van der Waals surface area (Å²) in [5.74, 6) is 0.650. The summed E-state index contributed by atoms with van der Waals surface area (Å²) in [6.07, 6.45) is 5.81. The molecule has 3 aromatic rings. The van der Waals surface area contributed by atoms with Gasteiger partial charge in [0.2, 0.25) is 10.0 Å². The molecule has 0 bridgehead atoms. The highest BCUT2D eigenvalue weighted by molar-refractivity contribution is 7.91. The Kier molecular flexibility index (Phi) is 4.65. The summed E-state index contributed by atoms with van der Waals surface area (Å²) in [6, 6.07) is 8.52. The predicted molar refractivity (Wildman–Crippen MR) is 88.0 cm³/mol. The molecule has 1 unspecified atom stereocenters. The molecule has 0 aliphatic carbocycles. The van der Waals surface area contributed by atoms with Gasteiger partial charge in [0, 0.05) is 23.8 Å². The van der Waals surface area contributed by atoms with Crippen molar-refractivity contribution >= 4 is 21.4 Å². The smallest absolute Gasteiger partial charge is 0.250 e. The van der Waals surface area contributed by atoms with Crippen LogP contribution in [0.5, 0.6) is 0 Å². The van der Waals surface area contributed by atoms with Crippen LogP contribution in [0.25, 0.3) is 0 Å². The van der Waals surface area contributed by atoms with Crippen LogP contribution >= 0.6 is 11.3 Å². The van der Waals surface area contributed by atoms with Crippen molar-refractivity contribution in [2.24, 2.45) is 0 Å². The van der Waals surface area contributed by atoms with Crippen LogP contribution in [-0.2, 0) is 16.4 Å². The number of hydrogen-bond acceptors (Lipinski definition) is 5. The zero-order valence-corrected chi connectivity index (χ0v) is 14.2. The van der Waals surface area contributed by atoms with E-state index in [2.05, 4.69) is 9.82 Å². The van der Waals surface area contributed by atoms with E-state index in [4.69, 9.17) is 4.42 Å². The maximum atomic E-state index is 12.4. The third kappa shape index (κ3) is 3.54. The maximum absolute atomic E-state index is 12.4. The molecule has 0 amide bonds. The van der Waals surface area contributed by atoms with Crippen LogP contribution in [-0.4, -0.2) is 24.7 Å². The standard InChI is InChI=1S/C15H17N3O3S2/c1-2-12-6-7-15(22-12)23(19,20)17-11-13(14-5-3-10-21-14)18-9-4-8-16-18/h3-10,13,17H,2,11H2,1H3. The molecule has 0 saturated heterocycles. The van der Waals surface area contributed by atoms with Gasteiger partial charge in [-0.1, -0.05) is 6.92 Å². The fourth-order valence-electron chi connectivity index (χ4n) is 2.22. The van der Waals surface area contributed by atoms with Crippen molar-refractivity contribution in [2.45, 2.75) is 23.6 Å². The first-order valence-electron chi connectivity index (χ1n) is 7.21. The Morgan fingerprint density at radius 3 is 2.83 bits per heavy atom. The average molecular weight is 351 g/mol. The van der Waals surface area contributed by atoms with E-state index in [0.717, 1.165) is 11.3 Å². The third-order valence-electron chi connectivity index (χ3n) is 3.43. The molecule has 3 rings (SSSR count). The van der Waals surface area contributed by atoms with E-state index in [1.54, 1.807) is 47.6 Å². The highest BCUT2D eigenvalue weighted by atomic mass is 32.2. The SMILES string of the molecule is CCc1ccc(S(=O)(=O)NCC(c2ccco2)n2cccn2)s1. The van der Waals surface area contributed by atoms with Crippen LogP contribution in [0.15, 0.2) is 57.6 Å². The van der Waals surface area contributed by atoms with Gasteiger partial charge in [0.15, 0.2) is 0 Å². The molecule has 23 heavy (non-hydrogen) atoms. The molecule has 8 heteroatoms. The topological polar surface area (TPSA) is 77.1 Å². The zero-order valence-electron chi connectivity index (χ0n) is 12.5. The van der Waals surface area contributed by atoms with Gasteiger partial charge in [-0.05, 0) is 36.8 Å². The van der Waals surface area contributed by atoms with Crippen molar-refractivity contribution < 1.29 is 12.8 Å². The number of sulfonamides is 1. The summed E-state index contributed by atoms with van der Waals surface area (Å²) in [5.41, 5.74) is 0. The van der Waals surface area contributed by atoms with E-state index in [9.17, 15) is 8.42 Å². The van der Waals surface area contributed by atoms with Crippen molar-refractivity contribution in [3.05, 3.63) is 59.6 Å². The van der Waals surface area contributed by atoms with Gasteiger partial charge in [-0.15, -0.1) is 11.3 Å². The van der Waals surface area contributed by atoms with Crippen LogP contribution < -0.4 is 4.72 Å². The molecule has 3 heterocycles. The molecule has 1 N–H and O–H groups in total. The molecule has 0 fully saturated rings. The second-order valence-electron chi connectivity index (χ2n) is 4.94. The number of rotatable bonds is 7. The largest absolute Gasteiger partial charge is 0.467 e. The first-order valence-corrected chi connectivity index (χ1v) is 9.51. The quantitative estimate of drug-likeness (QED) is 0.710. The van der Waals surface area contributed by atoms with Crippen molar-refractivity contribution in [3.63, 3.8) is 0 Å². The Balaban J connectivity index is 1.79. The molecule has 3 aromatic heterocycles. The number of furan rings is 1. The number of nitrogens with zero attached hydrogens (tertiary/aromatic N) is 2. The number of hydrogen-bond donors (Lipinski definition) is 1. The molecule has 122 valence electrons. The number of nitrogens with one attached hydrogen (secondary N) is 1. The van der Waals surface area contributed by atoms with Crippen molar-refractivity contribution in [1.29, 1.82) is 0 Å². The van der Waals surface area contributed by atoms with Crippen LogP contribution in [0.4, 0.5) is 0 Å². The van der Waals surface area contributed by atoms with E-state index < -0.39 is 10.0 Å². The Morgan fingerprint density at radius 2 is 2.22 bits per heavy atom. The van der Waals surface area contributed by atoms with Gasteiger partial charge in [-0.25, -0.2) is 13.1 Å². The lowest BCUT2D eigenvalue weighted by atomic mass is 10.2. The van der Waals surface area contributed by atoms with E-state index in [0.29, 0.717) is 9.97 Å². The van der Waals surface area contributed by atoms with Gasteiger partial charge < -0.3 is 4.42 Å². The summed E-state index contributed by atoms with van der Waals surface area (Å²) in [4.78, 5) is 1.04. The maximum Gasteiger partial charge on any atom is 0.250 e. The minimum Gasteiger partial charge on any atom is -0.467 e. The molecule has 0 aliphatic heterocycles. The van der Waals surface area contributed by atoms with Crippen LogP contribution in [0.3, 0.4) is 0 Å². The van der Waals surface area contributed by atoms with E-state index >= 15 is 0 Å². The summed E-state index contributed by atoms with van der Waals surface area (Å²) in [6.45, 7) is 2.16. The lowest BCUT2D eigenvalue weighted by Crippen LogP contribution is -2.31. The highest BCUT2D eigenvalue weighted by Gasteiger charge is 2.22. The summed E-state index contributed by atoms with van der Waals surface area (Å²) >= 11 is 1.29. The van der Waals surface area contributed by atoms with Gasteiger partial charge in [0.05, 0.1) is 6.26 Å². The number of aromatic nitrogens is 2. The number of thiophene rings is 1. The monoisotopic (exact) mass is 351 g/mol. The Hall–Kier alpha value is -1.90. The molecule has 0 saturated carbocycles. The van der Waals surface area contributed by atoms with E-state index in [1.807, 2.05) is 13.0 Å². The molecule has 0 spiro atoms. The molecule has 6 nitrogen and oxygen atoms in total. The molecule has 0 radical (unpaired) electrons. The van der Waals surface area contributed by atoms with Crippen molar-refractivity contribution in [2.75, 3.05) is 6.54 Å².